The Morgan fingerprint density at radius 2 is 2.05 bits per heavy atom. The van der Waals surface area contributed by atoms with Crippen molar-refractivity contribution in [3.63, 3.8) is 0 Å². The van der Waals surface area contributed by atoms with E-state index in [0.717, 1.165) is 10.8 Å². The number of rotatable bonds is 3. The third-order valence-electron chi connectivity index (χ3n) is 3.43. The third kappa shape index (κ3) is 2.72. The fraction of sp³-hybridized carbons (Fsp3) is 0.417. The number of ether oxygens (including phenoxy) is 1. The Morgan fingerprint density at radius 3 is 2.67 bits per heavy atom. The molecule has 0 aliphatic carbocycles. The molecule has 9 heteroatoms. The summed E-state index contributed by atoms with van der Waals surface area (Å²) in [6, 6.07) is 6.79. The van der Waals surface area contributed by atoms with E-state index in [1.165, 1.54) is 0 Å². The standard InChI is InChI=1S/C12H17N3O4S2/c13-11(15-14)6-3-1-2-4-7(6)12(21-20)10(18)9(17)8(16)5-19-12/h1-4,8-10,16-18,20H,5,14H2,(H2,13,15)/t8-,9+,10-,12-/m1/s1. The molecule has 0 aromatic heterocycles. The van der Waals surface area contributed by atoms with Gasteiger partial charge in [-0.15, -0.1) is 11.7 Å². The predicted octanol–water partition coefficient (Wildman–Crippen LogP) is -0.891. The molecule has 0 amide bonds. The molecule has 4 atom stereocenters. The van der Waals surface area contributed by atoms with Crippen LogP contribution in [0.5, 0.6) is 0 Å². The largest absolute Gasteiger partial charge is 0.388 e. The van der Waals surface area contributed by atoms with Crippen molar-refractivity contribution in [2.24, 2.45) is 16.7 Å². The molecule has 21 heavy (non-hydrogen) atoms. The van der Waals surface area contributed by atoms with E-state index in [1.54, 1.807) is 24.3 Å². The van der Waals surface area contributed by atoms with Gasteiger partial charge in [-0.2, -0.15) is 5.10 Å². The van der Waals surface area contributed by atoms with Crippen molar-refractivity contribution >= 4 is 28.3 Å². The van der Waals surface area contributed by atoms with Crippen LogP contribution in [0.4, 0.5) is 0 Å². The summed E-state index contributed by atoms with van der Waals surface area (Å²) in [4.78, 5) is -1.40. The normalized spacial score (nSPS) is 33.9. The molecular formula is C12H17N3O4S2. The molecule has 0 unspecified atom stereocenters. The summed E-state index contributed by atoms with van der Waals surface area (Å²) in [5, 5.41) is 33.4. The van der Waals surface area contributed by atoms with Crippen LogP contribution in [0.1, 0.15) is 11.1 Å². The topological polar surface area (TPSA) is 134 Å². The van der Waals surface area contributed by atoms with Gasteiger partial charge < -0.3 is 31.6 Å². The number of amidine groups is 1. The van der Waals surface area contributed by atoms with Crippen LogP contribution in [-0.2, 0) is 9.67 Å². The number of aliphatic hydroxyl groups is 3. The van der Waals surface area contributed by atoms with Gasteiger partial charge in [-0.1, -0.05) is 35.1 Å². The molecule has 1 aromatic rings. The van der Waals surface area contributed by atoms with Crippen LogP contribution in [0, 0.1) is 0 Å². The van der Waals surface area contributed by atoms with Gasteiger partial charge >= 0.3 is 0 Å². The first kappa shape index (κ1) is 16.4. The molecule has 7 N–H and O–H groups in total. The van der Waals surface area contributed by atoms with E-state index in [1.807, 2.05) is 0 Å². The van der Waals surface area contributed by atoms with E-state index in [0.29, 0.717) is 11.1 Å². The first-order chi connectivity index (χ1) is 9.97. The zero-order chi connectivity index (χ0) is 15.6. The number of hydrogen-bond acceptors (Lipinski definition) is 8. The van der Waals surface area contributed by atoms with Gasteiger partial charge in [0.1, 0.15) is 18.3 Å². The second kappa shape index (κ2) is 6.42. The zero-order valence-electron chi connectivity index (χ0n) is 11.0. The lowest BCUT2D eigenvalue weighted by Crippen LogP contribution is -2.57. The molecule has 116 valence electrons. The highest BCUT2D eigenvalue weighted by Gasteiger charge is 2.51. The van der Waals surface area contributed by atoms with Crippen molar-refractivity contribution in [2.75, 3.05) is 6.61 Å². The molecule has 1 saturated heterocycles. The Bertz CT molecular complexity index is 545. The zero-order valence-corrected chi connectivity index (χ0v) is 12.7. The van der Waals surface area contributed by atoms with E-state index in [2.05, 4.69) is 16.8 Å². The molecule has 0 saturated carbocycles. The fourth-order valence-electron chi connectivity index (χ4n) is 2.27. The summed E-state index contributed by atoms with van der Waals surface area (Å²) >= 11 is 4.16. The molecular weight excluding hydrogens is 314 g/mol. The van der Waals surface area contributed by atoms with Crippen molar-refractivity contribution in [3.05, 3.63) is 35.4 Å². The lowest BCUT2D eigenvalue weighted by molar-refractivity contribution is -0.204. The Hall–Kier alpha value is -0.970. The Balaban J connectivity index is 2.56. The summed E-state index contributed by atoms with van der Waals surface area (Å²) in [5.41, 5.74) is 6.69. The Labute approximate surface area is 130 Å². The van der Waals surface area contributed by atoms with Crippen LogP contribution in [0.3, 0.4) is 0 Å². The lowest BCUT2D eigenvalue weighted by Gasteiger charge is -2.44. The SMILES string of the molecule is NN=C(N)c1ccccc1[C@]1(SS)OC[C@@H](O)[C@H](O)[C@H]1O. The number of hydrogen-bond donors (Lipinski definition) is 6. The first-order valence-corrected chi connectivity index (χ1v) is 7.98. The summed E-state index contributed by atoms with van der Waals surface area (Å²) < 4.78 is 5.61. The average molecular weight is 331 g/mol. The maximum absolute atomic E-state index is 10.4. The van der Waals surface area contributed by atoms with Crippen molar-refractivity contribution in [1.29, 1.82) is 0 Å². The van der Waals surface area contributed by atoms with Crippen LogP contribution in [0.25, 0.3) is 0 Å². The van der Waals surface area contributed by atoms with Crippen LogP contribution < -0.4 is 11.6 Å². The molecule has 1 aromatic carbocycles. The van der Waals surface area contributed by atoms with Gasteiger partial charge in [-0.3, -0.25) is 0 Å². The van der Waals surface area contributed by atoms with Crippen molar-refractivity contribution < 1.29 is 20.1 Å². The van der Waals surface area contributed by atoms with Crippen LogP contribution >= 0.6 is 22.5 Å². The van der Waals surface area contributed by atoms with Gasteiger partial charge in [0.15, 0.2) is 10.8 Å². The third-order valence-corrected chi connectivity index (χ3v) is 5.09. The number of benzene rings is 1. The summed E-state index contributed by atoms with van der Waals surface area (Å²) in [5.74, 6) is 5.27. The van der Waals surface area contributed by atoms with E-state index in [4.69, 9.17) is 16.3 Å². The molecule has 1 fully saturated rings. The van der Waals surface area contributed by atoms with Gasteiger partial charge in [0.25, 0.3) is 0 Å². The van der Waals surface area contributed by atoms with Crippen molar-refractivity contribution in [3.8, 4) is 0 Å². The average Bonchev–Trinajstić information content (AvgIpc) is 2.53. The molecule has 0 bridgehead atoms. The van der Waals surface area contributed by atoms with Gasteiger partial charge in [0, 0.05) is 11.1 Å². The summed E-state index contributed by atoms with van der Waals surface area (Å²) in [6.07, 6.45) is -3.96. The van der Waals surface area contributed by atoms with E-state index >= 15 is 0 Å². The maximum atomic E-state index is 10.4. The highest BCUT2D eigenvalue weighted by atomic mass is 33.1. The van der Waals surface area contributed by atoms with Crippen molar-refractivity contribution in [1.82, 2.24) is 0 Å². The van der Waals surface area contributed by atoms with Crippen LogP contribution in [0.2, 0.25) is 0 Å². The minimum Gasteiger partial charge on any atom is -0.388 e. The maximum Gasteiger partial charge on any atom is 0.177 e. The highest BCUT2D eigenvalue weighted by molar-refractivity contribution is 8.68. The van der Waals surface area contributed by atoms with E-state index < -0.39 is 23.2 Å². The molecule has 1 aliphatic heterocycles. The Kier molecular flexibility index (Phi) is 5.02. The molecule has 1 aliphatic rings. The van der Waals surface area contributed by atoms with Crippen molar-refractivity contribution in [2.45, 2.75) is 23.2 Å². The van der Waals surface area contributed by atoms with E-state index in [9.17, 15) is 15.3 Å². The number of hydrazone groups is 1. The summed E-state index contributed by atoms with van der Waals surface area (Å²) in [7, 11) is 0.902. The van der Waals surface area contributed by atoms with Crippen LogP contribution in [-0.4, -0.2) is 46.1 Å². The van der Waals surface area contributed by atoms with Gasteiger partial charge in [-0.25, -0.2) is 0 Å². The van der Waals surface area contributed by atoms with Gasteiger partial charge in [0.05, 0.1) is 6.61 Å². The predicted molar refractivity (Wildman–Crippen MR) is 83.6 cm³/mol. The number of thiol groups is 1. The van der Waals surface area contributed by atoms with E-state index in [-0.39, 0.29) is 12.4 Å². The molecule has 0 spiro atoms. The second-order valence-corrected chi connectivity index (χ2v) is 5.97. The monoisotopic (exact) mass is 331 g/mol. The molecule has 1 heterocycles. The second-order valence-electron chi connectivity index (χ2n) is 4.63. The number of aliphatic hydroxyl groups excluding tert-OH is 3. The molecule has 2 rings (SSSR count). The Morgan fingerprint density at radius 1 is 1.38 bits per heavy atom. The fourth-order valence-corrected chi connectivity index (χ4v) is 3.70. The smallest absolute Gasteiger partial charge is 0.177 e. The molecule has 7 nitrogen and oxygen atoms in total. The van der Waals surface area contributed by atoms with Crippen LogP contribution in [0.15, 0.2) is 29.4 Å². The summed E-state index contributed by atoms with van der Waals surface area (Å²) in [6.45, 7) is -0.153. The molecule has 0 radical (unpaired) electrons. The number of nitrogens with two attached hydrogens (primary N) is 2. The first-order valence-electron chi connectivity index (χ1n) is 6.12. The van der Waals surface area contributed by atoms with Gasteiger partial charge in [-0.05, 0) is 0 Å². The highest BCUT2D eigenvalue weighted by Crippen LogP contribution is 2.47. The minimum atomic E-state index is -1.41. The van der Waals surface area contributed by atoms with Gasteiger partial charge in [0.2, 0.25) is 0 Å². The quantitative estimate of drug-likeness (QED) is 0.106. The lowest BCUT2D eigenvalue weighted by atomic mass is 9.90. The minimum absolute atomic E-state index is 0.0590. The number of nitrogens with zero attached hydrogens (tertiary/aromatic N) is 1.